The Morgan fingerprint density at radius 2 is 1.86 bits per heavy atom. The smallest absolute Gasteiger partial charge is 0.263 e. The molecule has 1 saturated heterocycles. The van der Waals surface area contributed by atoms with Crippen LogP contribution in [0.4, 0.5) is 5.13 Å². The zero-order valence-corrected chi connectivity index (χ0v) is 12.9. The number of ether oxygens (including phenoxy) is 2. The Bertz CT molecular complexity index is 736. The van der Waals surface area contributed by atoms with E-state index in [1.807, 2.05) is 6.92 Å². The van der Waals surface area contributed by atoms with Crippen molar-refractivity contribution in [3.8, 4) is 0 Å². The number of anilines is 1. The van der Waals surface area contributed by atoms with Gasteiger partial charge in [-0.05, 0) is 26.0 Å². The largest absolute Gasteiger partial charge is 0.317 e. The van der Waals surface area contributed by atoms with Crippen molar-refractivity contribution in [1.82, 2.24) is 10.2 Å². The monoisotopic (exact) mass is 327 g/mol. The lowest BCUT2D eigenvalue weighted by molar-refractivity contribution is -0.382. The summed E-state index contributed by atoms with van der Waals surface area (Å²) < 4.78 is 37.3. The van der Waals surface area contributed by atoms with Gasteiger partial charge in [-0.3, -0.25) is 4.72 Å². The lowest BCUT2D eigenvalue weighted by Crippen LogP contribution is -2.31. The molecule has 1 aliphatic heterocycles. The molecule has 1 N–H and O–H groups in total. The maximum Gasteiger partial charge on any atom is 0.263 e. The number of aromatic nitrogens is 2. The van der Waals surface area contributed by atoms with Crippen LogP contribution in [0, 0.1) is 6.92 Å². The Morgan fingerprint density at radius 3 is 2.48 bits per heavy atom. The molecule has 0 spiro atoms. The van der Waals surface area contributed by atoms with Crippen LogP contribution in [0.15, 0.2) is 29.2 Å². The second-order valence-electron chi connectivity index (χ2n) is 4.54. The van der Waals surface area contributed by atoms with Crippen molar-refractivity contribution in [3.63, 3.8) is 0 Å². The van der Waals surface area contributed by atoms with Gasteiger partial charge in [0, 0.05) is 0 Å². The van der Waals surface area contributed by atoms with Gasteiger partial charge in [-0.15, -0.1) is 10.2 Å². The highest BCUT2D eigenvalue weighted by atomic mass is 32.2. The highest BCUT2D eigenvalue weighted by Gasteiger charge is 2.32. The molecule has 112 valence electrons. The molecule has 1 aromatic carbocycles. The van der Waals surface area contributed by atoms with E-state index in [4.69, 9.17) is 9.47 Å². The van der Waals surface area contributed by atoms with Gasteiger partial charge in [-0.25, -0.2) is 8.42 Å². The number of nitrogens with one attached hydrogen (secondary N) is 1. The van der Waals surface area contributed by atoms with E-state index < -0.39 is 16.3 Å². The van der Waals surface area contributed by atoms with E-state index in [0.717, 1.165) is 16.9 Å². The first-order chi connectivity index (χ1) is 9.94. The standard InChI is InChI=1S/C12H13N3O4S2/c1-7-3-5-9(6-4-7)21(16,17)15-12-14-13-10(20-12)11-18-8(2)19-11/h3-6,8,11H,1-2H3,(H,14,15). The first kappa shape index (κ1) is 14.4. The average Bonchev–Trinajstić information content (AvgIpc) is 2.83. The lowest BCUT2D eigenvalue weighted by Gasteiger charge is -2.31. The Hall–Kier alpha value is -1.55. The molecule has 0 amide bonds. The van der Waals surface area contributed by atoms with E-state index in [0.29, 0.717) is 5.01 Å². The van der Waals surface area contributed by atoms with Crippen LogP contribution < -0.4 is 4.72 Å². The van der Waals surface area contributed by atoms with E-state index in [1.165, 1.54) is 0 Å². The van der Waals surface area contributed by atoms with Crippen LogP contribution in [0.3, 0.4) is 0 Å². The lowest BCUT2D eigenvalue weighted by atomic mass is 10.2. The molecule has 1 aliphatic rings. The summed E-state index contributed by atoms with van der Waals surface area (Å²) in [5.74, 6) is 0. The molecule has 0 bridgehead atoms. The summed E-state index contributed by atoms with van der Waals surface area (Å²) in [6, 6.07) is 6.55. The maximum absolute atomic E-state index is 12.2. The number of benzene rings is 1. The zero-order chi connectivity index (χ0) is 15.0. The molecule has 0 unspecified atom stereocenters. The summed E-state index contributed by atoms with van der Waals surface area (Å²) in [5.41, 5.74) is 0.987. The van der Waals surface area contributed by atoms with Crippen LogP contribution in [0.25, 0.3) is 0 Å². The Balaban J connectivity index is 1.75. The third-order valence-electron chi connectivity index (χ3n) is 2.83. The molecule has 0 radical (unpaired) electrons. The molecule has 2 heterocycles. The van der Waals surface area contributed by atoms with Crippen molar-refractivity contribution in [1.29, 1.82) is 0 Å². The highest BCUT2D eigenvalue weighted by Crippen LogP contribution is 2.34. The summed E-state index contributed by atoms with van der Waals surface area (Å²) in [7, 11) is -3.67. The maximum atomic E-state index is 12.2. The fourth-order valence-electron chi connectivity index (χ4n) is 1.74. The third kappa shape index (κ3) is 3.05. The van der Waals surface area contributed by atoms with Gasteiger partial charge in [0.05, 0.1) is 4.90 Å². The second-order valence-corrected chi connectivity index (χ2v) is 7.23. The predicted octanol–water partition coefficient (Wildman–Crippen LogP) is 2.04. The number of rotatable bonds is 4. The van der Waals surface area contributed by atoms with Gasteiger partial charge in [0.2, 0.25) is 11.4 Å². The topological polar surface area (TPSA) is 90.4 Å². The Morgan fingerprint density at radius 1 is 1.19 bits per heavy atom. The van der Waals surface area contributed by atoms with Crippen LogP contribution in [-0.2, 0) is 19.5 Å². The van der Waals surface area contributed by atoms with E-state index >= 15 is 0 Å². The van der Waals surface area contributed by atoms with Gasteiger partial charge >= 0.3 is 0 Å². The van der Waals surface area contributed by atoms with Crippen LogP contribution in [0.1, 0.15) is 23.8 Å². The summed E-state index contributed by atoms with van der Waals surface area (Å²) >= 11 is 1.08. The number of nitrogens with zero attached hydrogens (tertiary/aromatic N) is 2. The van der Waals surface area contributed by atoms with Crippen LogP contribution >= 0.6 is 11.3 Å². The minimum Gasteiger partial charge on any atom is -0.317 e. The zero-order valence-electron chi connectivity index (χ0n) is 11.3. The Kier molecular flexibility index (Phi) is 3.66. The van der Waals surface area contributed by atoms with Gasteiger partial charge in [0.15, 0.2) is 11.3 Å². The fourth-order valence-corrected chi connectivity index (χ4v) is 3.68. The van der Waals surface area contributed by atoms with Gasteiger partial charge in [0.1, 0.15) is 0 Å². The van der Waals surface area contributed by atoms with Crippen molar-refractivity contribution >= 4 is 26.5 Å². The van der Waals surface area contributed by atoms with Crippen LogP contribution in [-0.4, -0.2) is 24.9 Å². The van der Waals surface area contributed by atoms with Crippen LogP contribution in [0.5, 0.6) is 0 Å². The summed E-state index contributed by atoms with van der Waals surface area (Å²) in [6.07, 6.45) is -0.832. The molecule has 1 fully saturated rings. The first-order valence-corrected chi connectivity index (χ1v) is 8.48. The van der Waals surface area contributed by atoms with Gasteiger partial charge in [0.25, 0.3) is 10.0 Å². The minimum atomic E-state index is -3.67. The molecule has 1 aromatic heterocycles. The van der Waals surface area contributed by atoms with E-state index in [9.17, 15) is 8.42 Å². The summed E-state index contributed by atoms with van der Waals surface area (Å²) in [4.78, 5) is 0.176. The molecule has 9 heteroatoms. The molecule has 0 atom stereocenters. The number of sulfonamides is 1. The normalized spacial score (nSPS) is 21.8. The quantitative estimate of drug-likeness (QED) is 0.924. The van der Waals surface area contributed by atoms with Crippen molar-refractivity contribution in [2.45, 2.75) is 31.3 Å². The van der Waals surface area contributed by atoms with Gasteiger partial charge in [-0.1, -0.05) is 29.0 Å². The summed E-state index contributed by atoms with van der Waals surface area (Å²) in [5, 5.41) is 8.31. The number of aryl methyl sites for hydroxylation is 1. The molecule has 0 aliphatic carbocycles. The average molecular weight is 327 g/mol. The van der Waals surface area contributed by atoms with Gasteiger partial charge < -0.3 is 9.47 Å². The first-order valence-electron chi connectivity index (χ1n) is 6.18. The molecule has 3 rings (SSSR count). The molecular formula is C12H13N3O4S2. The molecule has 21 heavy (non-hydrogen) atoms. The van der Waals surface area contributed by atoms with Crippen molar-refractivity contribution < 1.29 is 17.9 Å². The van der Waals surface area contributed by atoms with E-state index in [1.54, 1.807) is 31.2 Å². The molecule has 2 aromatic rings. The van der Waals surface area contributed by atoms with Crippen LogP contribution in [0.2, 0.25) is 0 Å². The Labute approximate surface area is 126 Å². The fraction of sp³-hybridized carbons (Fsp3) is 0.333. The number of hydrogen-bond donors (Lipinski definition) is 1. The summed E-state index contributed by atoms with van der Waals surface area (Å²) in [6.45, 7) is 3.65. The second kappa shape index (κ2) is 5.34. The molecule has 7 nitrogen and oxygen atoms in total. The van der Waals surface area contributed by atoms with Crippen molar-refractivity contribution in [2.75, 3.05) is 4.72 Å². The minimum absolute atomic E-state index is 0.176. The van der Waals surface area contributed by atoms with Gasteiger partial charge in [-0.2, -0.15) is 0 Å². The molecule has 0 saturated carbocycles. The van der Waals surface area contributed by atoms with E-state index in [2.05, 4.69) is 14.9 Å². The third-order valence-corrected chi connectivity index (χ3v) is 5.17. The predicted molar refractivity (Wildman–Crippen MR) is 76.3 cm³/mol. The van der Waals surface area contributed by atoms with Crippen molar-refractivity contribution in [3.05, 3.63) is 34.8 Å². The highest BCUT2D eigenvalue weighted by molar-refractivity contribution is 7.93. The SMILES string of the molecule is Cc1ccc(S(=O)(=O)Nc2nnc(C3OC(C)O3)s2)cc1. The number of hydrogen-bond acceptors (Lipinski definition) is 7. The van der Waals surface area contributed by atoms with Crippen molar-refractivity contribution in [2.24, 2.45) is 0 Å². The molecular weight excluding hydrogens is 314 g/mol. The van der Waals surface area contributed by atoms with E-state index in [-0.39, 0.29) is 16.3 Å².